The average molecular weight is 349 g/mol. The molecule has 1 saturated heterocycles. The van der Waals surface area contributed by atoms with E-state index in [0.717, 1.165) is 12.8 Å². The summed E-state index contributed by atoms with van der Waals surface area (Å²) in [5.74, 6) is -0.612. The van der Waals surface area contributed by atoms with Gasteiger partial charge in [-0.2, -0.15) is 0 Å². The monoisotopic (exact) mass is 348 g/mol. The Morgan fingerprint density at radius 2 is 2.18 bits per heavy atom. The number of sulfonamides is 1. The van der Waals surface area contributed by atoms with Gasteiger partial charge < -0.3 is 10.5 Å². The summed E-state index contributed by atoms with van der Waals surface area (Å²) in [6.07, 6.45) is 1.63. The molecule has 0 saturated carbocycles. The maximum absolute atomic E-state index is 12.4. The van der Waals surface area contributed by atoms with E-state index in [1.54, 1.807) is 24.3 Å². The summed E-state index contributed by atoms with van der Waals surface area (Å²) in [5.41, 5.74) is 6.74. The Balaban J connectivity index is 0.00000242. The highest BCUT2D eigenvalue weighted by Gasteiger charge is 2.27. The molecular weight excluding hydrogens is 328 g/mol. The first kappa shape index (κ1) is 18.9. The molecule has 0 bridgehead atoms. The van der Waals surface area contributed by atoms with Gasteiger partial charge in [-0.25, -0.2) is 17.5 Å². The third-order valence-electron chi connectivity index (χ3n) is 3.51. The molecule has 1 fully saturated rings. The van der Waals surface area contributed by atoms with Crippen LogP contribution in [0.4, 0.5) is 0 Å². The van der Waals surface area contributed by atoms with Crippen LogP contribution in [0.15, 0.2) is 24.3 Å². The molecule has 2 N–H and O–H groups in total. The first-order valence-corrected chi connectivity index (χ1v) is 8.44. The molecular formula is C14H21ClN2O4S. The normalized spacial score (nSPS) is 19.3. The fraction of sp³-hybridized carbons (Fsp3) is 0.500. The largest absolute Gasteiger partial charge is 0.465 e. The van der Waals surface area contributed by atoms with Crippen LogP contribution in [0, 0.1) is 0 Å². The third-order valence-corrected chi connectivity index (χ3v) is 5.33. The number of halogens is 1. The lowest BCUT2D eigenvalue weighted by molar-refractivity contribution is 0.0600. The number of benzene rings is 1. The Morgan fingerprint density at radius 3 is 2.82 bits per heavy atom. The molecule has 0 amide bonds. The molecule has 1 aliphatic heterocycles. The van der Waals surface area contributed by atoms with Crippen LogP contribution in [0.3, 0.4) is 0 Å². The Hall–Kier alpha value is -1.15. The number of carbonyl (C=O) groups is 1. The predicted octanol–water partition coefficient (Wildman–Crippen LogP) is 1.15. The maximum atomic E-state index is 12.4. The van der Waals surface area contributed by atoms with Gasteiger partial charge in [-0.15, -0.1) is 12.4 Å². The third kappa shape index (κ3) is 4.67. The van der Waals surface area contributed by atoms with Crippen molar-refractivity contribution in [3.05, 3.63) is 35.4 Å². The van der Waals surface area contributed by atoms with Crippen molar-refractivity contribution in [3.63, 3.8) is 0 Å². The van der Waals surface area contributed by atoms with Gasteiger partial charge in [-0.1, -0.05) is 12.1 Å². The summed E-state index contributed by atoms with van der Waals surface area (Å²) in [7, 11) is -2.12. The summed E-state index contributed by atoms with van der Waals surface area (Å²) >= 11 is 0. The molecule has 1 atom stereocenters. The summed E-state index contributed by atoms with van der Waals surface area (Å²) in [4.78, 5) is 11.5. The fourth-order valence-corrected chi connectivity index (χ4v) is 4.04. The number of rotatable bonds is 4. The van der Waals surface area contributed by atoms with Gasteiger partial charge in [0, 0.05) is 19.1 Å². The number of ether oxygens (including phenoxy) is 1. The summed E-state index contributed by atoms with van der Waals surface area (Å²) in [5, 5.41) is 0. The van der Waals surface area contributed by atoms with E-state index >= 15 is 0 Å². The zero-order chi connectivity index (χ0) is 15.5. The number of nitrogens with zero attached hydrogens (tertiary/aromatic N) is 1. The minimum atomic E-state index is -3.42. The van der Waals surface area contributed by atoms with E-state index < -0.39 is 16.0 Å². The van der Waals surface area contributed by atoms with Crippen LogP contribution in [0.25, 0.3) is 0 Å². The Labute approximate surface area is 137 Å². The molecule has 0 radical (unpaired) electrons. The minimum absolute atomic E-state index is 0. The van der Waals surface area contributed by atoms with Crippen molar-refractivity contribution in [1.82, 2.24) is 4.31 Å². The first-order valence-electron chi connectivity index (χ1n) is 6.83. The molecule has 22 heavy (non-hydrogen) atoms. The quantitative estimate of drug-likeness (QED) is 0.824. The molecule has 0 spiro atoms. The van der Waals surface area contributed by atoms with Crippen LogP contribution in [0.5, 0.6) is 0 Å². The van der Waals surface area contributed by atoms with Crippen LogP contribution < -0.4 is 5.73 Å². The second-order valence-electron chi connectivity index (χ2n) is 5.21. The lowest BCUT2D eigenvalue weighted by atomic mass is 10.1. The van der Waals surface area contributed by atoms with E-state index in [-0.39, 0.29) is 24.2 Å². The van der Waals surface area contributed by atoms with Gasteiger partial charge in [-0.3, -0.25) is 0 Å². The van der Waals surface area contributed by atoms with E-state index in [9.17, 15) is 13.2 Å². The summed E-state index contributed by atoms with van der Waals surface area (Å²) in [6, 6.07) is 6.38. The van der Waals surface area contributed by atoms with Crippen molar-refractivity contribution < 1.29 is 17.9 Å². The second-order valence-corrected chi connectivity index (χ2v) is 7.18. The molecule has 6 nitrogen and oxygen atoms in total. The lowest BCUT2D eigenvalue weighted by Gasteiger charge is -2.29. The topological polar surface area (TPSA) is 89.7 Å². The van der Waals surface area contributed by atoms with Crippen molar-refractivity contribution in [3.8, 4) is 0 Å². The molecule has 1 heterocycles. The highest BCUT2D eigenvalue weighted by Crippen LogP contribution is 2.17. The van der Waals surface area contributed by atoms with E-state index in [4.69, 9.17) is 5.73 Å². The number of piperidine rings is 1. The SMILES string of the molecule is COC(=O)c1cccc(CS(=O)(=O)N2CCCC(N)C2)c1.Cl. The number of nitrogens with two attached hydrogens (primary N) is 1. The molecule has 124 valence electrons. The predicted molar refractivity (Wildman–Crippen MR) is 86.4 cm³/mol. The zero-order valence-corrected chi connectivity index (χ0v) is 14.0. The van der Waals surface area contributed by atoms with Gasteiger partial charge in [0.25, 0.3) is 0 Å². The highest BCUT2D eigenvalue weighted by atomic mass is 35.5. The van der Waals surface area contributed by atoms with Crippen molar-refractivity contribution >= 4 is 28.4 Å². The standard InChI is InChI=1S/C14H20N2O4S.ClH/c1-20-14(17)12-5-2-4-11(8-12)10-21(18,19)16-7-3-6-13(15)9-16;/h2,4-5,8,13H,3,6-7,9-10,15H2,1H3;1H. The van der Waals surface area contributed by atoms with Gasteiger partial charge in [0.1, 0.15) is 0 Å². The van der Waals surface area contributed by atoms with E-state index in [2.05, 4.69) is 4.74 Å². The molecule has 1 aromatic rings. The number of carbonyl (C=O) groups excluding carboxylic acids is 1. The highest BCUT2D eigenvalue weighted by molar-refractivity contribution is 7.88. The van der Waals surface area contributed by atoms with Gasteiger partial charge >= 0.3 is 5.97 Å². The van der Waals surface area contributed by atoms with Crippen LogP contribution in [-0.2, 0) is 20.5 Å². The molecule has 1 aromatic carbocycles. The second kappa shape index (κ2) is 7.92. The van der Waals surface area contributed by atoms with Crippen LogP contribution in [0.2, 0.25) is 0 Å². The van der Waals surface area contributed by atoms with Crippen LogP contribution >= 0.6 is 12.4 Å². The molecule has 1 aliphatic rings. The summed E-state index contributed by atoms with van der Waals surface area (Å²) < 4.78 is 30.9. The van der Waals surface area contributed by atoms with Gasteiger partial charge in [0.15, 0.2) is 0 Å². The Bertz CT molecular complexity index is 621. The zero-order valence-electron chi connectivity index (χ0n) is 12.4. The van der Waals surface area contributed by atoms with Gasteiger partial charge in [0.2, 0.25) is 10.0 Å². The molecule has 8 heteroatoms. The number of esters is 1. The van der Waals surface area contributed by atoms with Crippen molar-refractivity contribution in [1.29, 1.82) is 0 Å². The Kier molecular flexibility index (Phi) is 6.80. The van der Waals surface area contributed by atoms with Crippen molar-refractivity contribution in [2.45, 2.75) is 24.6 Å². The maximum Gasteiger partial charge on any atom is 0.337 e. The van der Waals surface area contributed by atoms with Crippen molar-refractivity contribution in [2.75, 3.05) is 20.2 Å². The molecule has 0 aromatic heterocycles. The van der Waals surface area contributed by atoms with Crippen LogP contribution in [-0.4, -0.2) is 44.9 Å². The minimum Gasteiger partial charge on any atom is -0.465 e. The average Bonchev–Trinajstić information content (AvgIpc) is 2.46. The van der Waals surface area contributed by atoms with Crippen LogP contribution in [0.1, 0.15) is 28.8 Å². The molecule has 1 unspecified atom stereocenters. The number of hydrogen-bond acceptors (Lipinski definition) is 5. The molecule has 0 aliphatic carbocycles. The number of hydrogen-bond donors (Lipinski definition) is 1. The fourth-order valence-electron chi connectivity index (χ4n) is 2.43. The van der Waals surface area contributed by atoms with E-state index in [1.165, 1.54) is 11.4 Å². The van der Waals surface area contributed by atoms with Gasteiger partial charge in [0.05, 0.1) is 18.4 Å². The van der Waals surface area contributed by atoms with E-state index in [1.807, 2.05) is 0 Å². The summed E-state index contributed by atoms with van der Waals surface area (Å²) in [6.45, 7) is 0.867. The van der Waals surface area contributed by atoms with E-state index in [0.29, 0.717) is 24.2 Å². The molecule has 2 rings (SSSR count). The lowest BCUT2D eigenvalue weighted by Crippen LogP contribution is -2.46. The van der Waals surface area contributed by atoms with Crippen molar-refractivity contribution in [2.24, 2.45) is 5.73 Å². The first-order chi connectivity index (χ1) is 9.92. The van der Waals surface area contributed by atoms with Gasteiger partial charge in [-0.05, 0) is 30.5 Å². The number of methoxy groups -OCH3 is 1. The smallest absolute Gasteiger partial charge is 0.337 e. The Morgan fingerprint density at radius 1 is 1.45 bits per heavy atom.